The highest BCUT2D eigenvalue weighted by Crippen LogP contribution is 2.41. The molecule has 22 heavy (non-hydrogen) atoms. The molecule has 9 heteroatoms. The fraction of sp³-hybridized carbons (Fsp3) is 0.462. The topological polar surface area (TPSA) is 30.8 Å². The van der Waals surface area contributed by atoms with Crippen LogP contribution in [0.15, 0.2) is 23.4 Å². The Hall–Kier alpha value is -1.77. The lowest BCUT2D eigenvalue weighted by Crippen LogP contribution is -2.18. The van der Waals surface area contributed by atoms with Gasteiger partial charge in [0.05, 0.1) is 36.0 Å². The summed E-state index contributed by atoms with van der Waals surface area (Å²) in [6.45, 7) is 0.327. The first kappa shape index (κ1) is 15.1. The molecule has 2 unspecified atom stereocenters. The van der Waals surface area contributed by atoms with Gasteiger partial charge in [0.2, 0.25) is 0 Å². The van der Waals surface area contributed by atoms with E-state index in [0.29, 0.717) is 17.8 Å². The SMILES string of the molecule is FC(F)(F)c1cc(C2ON=C3COCC32)cc(C(F)(F)F)c1. The number of halogens is 6. The van der Waals surface area contributed by atoms with Crippen LogP contribution >= 0.6 is 0 Å². The summed E-state index contributed by atoms with van der Waals surface area (Å²) in [6.07, 6.45) is -10.8. The minimum Gasteiger partial charge on any atom is -0.387 e. The first-order valence-electron chi connectivity index (χ1n) is 6.26. The van der Waals surface area contributed by atoms with Gasteiger partial charge in [-0.05, 0) is 23.8 Å². The van der Waals surface area contributed by atoms with Crippen molar-refractivity contribution in [3.63, 3.8) is 0 Å². The number of alkyl halides is 6. The normalized spacial score (nSPS) is 24.9. The zero-order valence-corrected chi connectivity index (χ0v) is 10.8. The van der Waals surface area contributed by atoms with E-state index >= 15 is 0 Å². The van der Waals surface area contributed by atoms with Gasteiger partial charge in [0.15, 0.2) is 6.10 Å². The smallest absolute Gasteiger partial charge is 0.387 e. The summed E-state index contributed by atoms with van der Waals surface area (Å²) in [5, 5.41) is 3.67. The lowest BCUT2D eigenvalue weighted by atomic mass is 9.92. The van der Waals surface area contributed by atoms with Crippen molar-refractivity contribution in [2.24, 2.45) is 11.1 Å². The van der Waals surface area contributed by atoms with Crippen molar-refractivity contribution in [2.75, 3.05) is 13.2 Å². The number of benzene rings is 1. The van der Waals surface area contributed by atoms with Crippen molar-refractivity contribution < 1.29 is 35.9 Å². The molecule has 0 N–H and O–H groups in total. The molecule has 1 saturated heterocycles. The lowest BCUT2D eigenvalue weighted by molar-refractivity contribution is -0.143. The molecule has 0 saturated carbocycles. The van der Waals surface area contributed by atoms with Gasteiger partial charge in [-0.25, -0.2) is 0 Å². The van der Waals surface area contributed by atoms with Crippen LogP contribution in [0.2, 0.25) is 0 Å². The van der Waals surface area contributed by atoms with Gasteiger partial charge >= 0.3 is 12.4 Å². The predicted octanol–water partition coefficient (Wildman–Crippen LogP) is 3.80. The maximum absolute atomic E-state index is 12.8. The third kappa shape index (κ3) is 2.65. The Morgan fingerprint density at radius 2 is 1.55 bits per heavy atom. The summed E-state index contributed by atoms with van der Waals surface area (Å²) in [4.78, 5) is 5.01. The van der Waals surface area contributed by atoms with Crippen LogP contribution in [0.1, 0.15) is 22.8 Å². The Kier molecular flexibility index (Phi) is 3.35. The zero-order valence-electron chi connectivity index (χ0n) is 10.8. The van der Waals surface area contributed by atoms with Gasteiger partial charge < -0.3 is 9.57 Å². The second-order valence-electron chi connectivity index (χ2n) is 5.07. The van der Waals surface area contributed by atoms with Gasteiger partial charge in [0.1, 0.15) is 0 Å². The minimum absolute atomic E-state index is 0.0887. The Bertz CT molecular complexity index is 590. The molecule has 3 rings (SSSR count). The number of ether oxygens (including phenoxy) is 1. The van der Waals surface area contributed by atoms with Crippen molar-refractivity contribution in [3.05, 3.63) is 34.9 Å². The average Bonchev–Trinajstić information content (AvgIpc) is 2.98. The summed E-state index contributed by atoms with van der Waals surface area (Å²) in [5.74, 6) is -0.454. The van der Waals surface area contributed by atoms with Crippen LogP contribution in [-0.4, -0.2) is 18.9 Å². The largest absolute Gasteiger partial charge is 0.416 e. The van der Waals surface area contributed by atoms with Crippen LogP contribution in [0.4, 0.5) is 26.3 Å². The first-order valence-corrected chi connectivity index (χ1v) is 6.26. The summed E-state index contributed by atoms with van der Waals surface area (Å²) >= 11 is 0. The van der Waals surface area contributed by atoms with Crippen LogP contribution in [0.25, 0.3) is 0 Å². The molecule has 1 fully saturated rings. The summed E-state index contributed by atoms with van der Waals surface area (Å²) in [7, 11) is 0. The van der Waals surface area contributed by atoms with Crippen LogP contribution in [-0.2, 0) is 21.9 Å². The minimum atomic E-state index is -4.88. The monoisotopic (exact) mass is 325 g/mol. The van der Waals surface area contributed by atoms with Crippen LogP contribution in [0.5, 0.6) is 0 Å². The fourth-order valence-electron chi connectivity index (χ4n) is 2.48. The molecule has 0 spiro atoms. The molecule has 2 aliphatic heterocycles. The van der Waals surface area contributed by atoms with E-state index in [2.05, 4.69) is 5.16 Å². The molecule has 3 nitrogen and oxygen atoms in total. The van der Waals surface area contributed by atoms with Crippen LogP contribution in [0, 0.1) is 5.92 Å². The van der Waals surface area contributed by atoms with Crippen LogP contribution < -0.4 is 0 Å². The molecule has 0 aliphatic carbocycles. The fourth-order valence-corrected chi connectivity index (χ4v) is 2.48. The summed E-state index contributed by atoms with van der Waals surface area (Å²) in [5.41, 5.74) is -2.45. The number of fused-ring (bicyclic) bond motifs is 1. The van der Waals surface area contributed by atoms with Crippen LogP contribution in [0.3, 0.4) is 0 Å². The second kappa shape index (κ2) is 4.87. The van der Waals surface area contributed by atoms with E-state index in [9.17, 15) is 26.3 Å². The van der Waals surface area contributed by atoms with E-state index in [1.54, 1.807) is 0 Å². The third-order valence-corrected chi connectivity index (χ3v) is 3.56. The molecule has 1 aromatic rings. The number of oxime groups is 1. The highest BCUT2D eigenvalue weighted by molar-refractivity contribution is 5.90. The molecule has 0 amide bonds. The molecule has 120 valence electrons. The Labute approximate surface area is 120 Å². The summed E-state index contributed by atoms with van der Waals surface area (Å²) < 4.78 is 82.1. The standard InChI is InChI=1S/C13H9F6NO2/c14-12(15,16)7-1-6(2-8(3-7)13(17,18)19)11-9-4-21-5-10(9)20-22-11/h1-3,9,11H,4-5H2. The van der Waals surface area contributed by atoms with E-state index in [4.69, 9.17) is 9.57 Å². The molecule has 2 atom stereocenters. The molecule has 2 aliphatic rings. The molecule has 2 heterocycles. The first-order chi connectivity index (χ1) is 10.2. The molecular weight excluding hydrogens is 316 g/mol. The van der Waals surface area contributed by atoms with Crippen molar-refractivity contribution in [2.45, 2.75) is 18.5 Å². The quantitative estimate of drug-likeness (QED) is 0.736. The Morgan fingerprint density at radius 3 is 2.09 bits per heavy atom. The Balaban J connectivity index is 2.04. The molecule has 0 aromatic heterocycles. The molecular formula is C13H9F6NO2. The highest BCUT2D eigenvalue weighted by Gasteiger charge is 2.42. The van der Waals surface area contributed by atoms with Gasteiger partial charge in [-0.3, -0.25) is 0 Å². The number of hydrogen-bond donors (Lipinski definition) is 0. The average molecular weight is 325 g/mol. The van der Waals surface area contributed by atoms with E-state index in [0.717, 1.165) is 0 Å². The van der Waals surface area contributed by atoms with E-state index in [1.165, 1.54) is 0 Å². The third-order valence-electron chi connectivity index (χ3n) is 3.56. The predicted molar refractivity (Wildman–Crippen MR) is 62.0 cm³/mol. The Morgan fingerprint density at radius 1 is 0.955 bits per heavy atom. The zero-order chi connectivity index (χ0) is 16.1. The van der Waals surface area contributed by atoms with Gasteiger partial charge in [-0.15, -0.1) is 0 Å². The number of nitrogens with zero attached hydrogens (tertiary/aromatic N) is 1. The van der Waals surface area contributed by atoms with E-state index in [1.807, 2.05) is 0 Å². The maximum Gasteiger partial charge on any atom is 0.416 e. The van der Waals surface area contributed by atoms with E-state index in [-0.39, 0.29) is 24.8 Å². The highest BCUT2D eigenvalue weighted by atomic mass is 19.4. The van der Waals surface area contributed by atoms with E-state index < -0.39 is 35.5 Å². The van der Waals surface area contributed by atoms with Crippen molar-refractivity contribution in [3.8, 4) is 0 Å². The van der Waals surface area contributed by atoms with Crippen molar-refractivity contribution in [1.82, 2.24) is 0 Å². The van der Waals surface area contributed by atoms with Gasteiger partial charge in [0.25, 0.3) is 0 Å². The molecule has 0 bridgehead atoms. The maximum atomic E-state index is 12.8. The molecule has 1 aromatic carbocycles. The lowest BCUT2D eigenvalue weighted by Gasteiger charge is -2.19. The molecule has 0 radical (unpaired) electrons. The number of hydrogen-bond acceptors (Lipinski definition) is 3. The van der Waals surface area contributed by atoms with Gasteiger partial charge in [-0.1, -0.05) is 5.16 Å². The second-order valence-corrected chi connectivity index (χ2v) is 5.07. The van der Waals surface area contributed by atoms with Gasteiger partial charge in [0, 0.05) is 0 Å². The van der Waals surface area contributed by atoms with Gasteiger partial charge in [-0.2, -0.15) is 26.3 Å². The summed E-state index contributed by atoms with van der Waals surface area (Å²) in [6, 6.07) is 1.42. The van der Waals surface area contributed by atoms with Crippen molar-refractivity contribution in [1.29, 1.82) is 0 Å². The number of rotatable bonds is 1. The van der Waals surface area contributed by atoms with Crippen molar-refractivity contribution >= 4 is 5.71 Å².